The topological polar surface area (TPSA) is 16.4 Å². The Labute approximate surface area is 361 Å². The lowest BCUT2D eigenvalue weighted by Gasteiger charge is -2.34. The molecule has 292 valence electrons. The van der Waals surface area contributed by atoms with Crippen LogP contribution in [0, 0.1) is 5.92 Å². The molecular weight excluding hydrogens is 751 g/mol. The molecule has 2 nitrogen and oxygen atoms in total. The third kappa shape index (κ3) is 4.86. The minimum atomic E-state index is -0.438. The summed E-state index contributed by atoms with van der Waals surface area (Å²) in [5.74, 6) is 0.481. The SMILES string of the molecule is CC1C=CC2=C(C1)c1ccccc1C21c2ccccc2-c2ccc(N(c3ccccc3-c3ccccc3)c3cccc4oc5c6ccccc6c(-c6ccccc6)cc5c34)cc21. The molecule has 1 heterocycles. The Hall–Kier alpha value is -7.68. The third-order valence-electron chi connectivity index (χ3n) is 13.8. The van der Waals surface area contributed by atoms with E-state index in [-0.39, 0.29) is 0 Å². The van der Waals surface area contributed by atoms with Gasteiger partial charge in [-0.05, 0) is 115 Å². The Morgan fingerprint density at radius 3 is 1.89 bits per heavy atom. The minimum Gasteiger partial charge on any atom is -0.455 e. The van der Waals surface area contributed by atoms with Crippen LogP contribution in [0.2, 0.25) is 0 Å². The van der Waals surface area contributed by atoms with E-state index >= 15 is 0 Å². The van der Waals surface area contributed by atoms with Gasteiger partial charge in [0.15, 0.2) is 0 Å². The van der Waals surface area contributed by atoms with E-state index in [4.69, 9.17) is 4.42 Å². The first-order chi connectivity index (χ1) is 30.7. The molecule has 10 aromatic rings. The zero-order valence-corrected chi connectivity index (χ0v) is 34.3. The molecule has 9 aromatic carbocycles. The van der Waals surface area contributed by atoms with Crippen LogP contribution < -0.4 is 4.90 Å². The second-order valence-electron chi connectivity index (χ2n) is 17.2. The van der Waals surface area contributed by atoms with Gasteiger partial charge in [0.2, 0.25) is 0 Å². The first-order valence-electron chi connectivity index (χ1n) is 21.8. The van der Waals surface area contributed by atoms with Gasteiger partial charge in [-0.1, -0.05) is 183 Å². The molecule has 1 spiro atoms. The van der Waals surface area contributed by atoms with Crippen molar-refractivity contribution in [3.63, 3.8) is 0 Å². The monoisotopic (exact) mass is 791 g/mol. The number of benzene rings is 9. The van der Waals surface area contributed by atoms with Crippen LogP contribution >= 0.6 is 0 Å². The summed E-state index contributed by atoms with van der Waals surface area (Å²) in [5, 5.41) is 4.48. The summed E-state index contributed by atoms with van der Waals surface area (Å²) >= 11 is 0. The molecule has 0 aliphatic heterocycles. The van der Waals surface area contributed by atoms with Gasteiger partial charge in [-0.2, -0.15) is 0 Å². The van der Waals surface area contributed by atoms with Crippen molar-refractivity contribution in [2.24, 2.45) is 5.92 Å². The normalized spacial score (nSPS) is 17.1. The van der Waals surface area contributed by atoms with E-state index in [2.05, 4.69) is 224 Å². The maximum absolute atomic E-state index is 6.99. The summed E-state index contributed by atoms with van der Waals surface area (Å²) < 4.78 is 6.99. The van der Waals surface area contributed by atoms with Crippen LogP contribution in [0.15, 0.2) is 222 Å². The molecule has 0 saturated carbocycles. The zero-order valence-electron chi connectivity index (χ0n) is 34.3. The van der Waals surface area contributed by atoms with Crippen LogP contribution in [0.3, 0.4) is 0 Å². The number of allylic oxidation sites excluding steroid dienone is 4. The van der Waals surface area contributed by atoms with Gasteiger partial charge in [0.25, 0.3) is 0 Å². The lowest BCUT2D eigenvalue weighted by Crippen LogP contribution is -2.27. The first-order valence-corrected chi connectivity index (χ1v) is 21.8. The highest BCUT2D eigenvalue weighted by Gasteiger charge is 2.52. The smallest absolute Gasteiger partial charge is 0.143 e. The molecule has 3 aliphatic rings. The highest BCUT2D eigenvalue weighted by molar-refractivity contribution is 6.22. The minimum absolute atomic E-state index is 0.438. The molecule has 3 aliphatic carbocycles. The Morgan fingerprint density at radius 1 is 0.484 bits per heavy atom. The van der Waals surface area contributed by atoms with Crippen LogP contribution in [-0.4, -0.2) is 0 Å². The number of furan rings is 1. The van der Waals surface area contributed by atoms with E-state index in [9.17, 15) is 0 Å². The average Bonchev–Trinajstić information content (AvgIpc) is 3.96. The van der Waals surface area contributed by atoms with Crippen molar-refractivity contribution in [1.29, 1.82) is 0 Å². The van der Waals surface area contributed by atoms with Gasteiger partial charge < -0.3 is 9.32 Å². The van der Waals surface area contributed by atoms with E-state index in [1.807, 2.05) is 0 Å². The van der Waals surface area contributed by atoms with Crippen LogP contribution in [0.25, 0.3) is 71.7 Å². The van der Waals surface area contributed by atoms with Gasteiger partial charge in [0.1, 0.15) is 11.2 Å². The standard InChI is InChI=1S/C60H41NO/c1-38-31-34-53-49(35-38)45-24-11-14-27-52(45)60(53)51-26-13-10-23-44(51)46-33-32-41(36-54(46)60)61(55-28-15-12-21-42(55)39-17-4-2-5-18-39)56-29-16-30-57-58(56)50-37-48(40-19-6-3-7-20-40)43-22-8-9-25-47(43)59(50)62-57/h2-34,36-38H,35H2,1H3. The van der Waals surface area contributed by atoms with Crippen molar-refractivity contribution in [2.75, 3.05) is 4.90 Å². The van der Waals surface area contributed by atoms with Crippen molar-refractivity contribution in [1.82, 2.24) is 0 Å². The van der Waals surface area contributed by atoms with Gasteiger partial charge in [-0.25, -0.2) is 0 Å². The Morgan fingerprint density at radius 2 is 1.10 bits per heavy atom. The van der Waals surface area contributed by atoms with Gasteiger partial charge in [-0.15, -0.1) is 0 Å². The molecule has 13 rings (SSSR count). The lowest BCUT2D eigenvalue weighted by atomic mass is 9.68. The van der Waals surface area contributed by atoms with Crippen LogP contribution in [0.5, 0.6) is 0 Å². The highest BCUT2D eigenvalue weighted by atomic mass is 16.3. The molecule has 1 aromatic heterocycles. The zero-order chi connectivity index (χ0) is 40.9. The predicted molar refractivity (Wildman–Crippen MR) is 258 cm³/mol. The van der Waals surface area contributed by atoms with Gasteiger partial charge in [-0.3, -0.25) is 0 Å². The number of fused-ring (bicyclic) bond motifs is 14. The molecular formula is C60H41NO. The molecule has 0 radical (unpaired) electrons. The van der Waals surface area contributed by atoms with Crippen LogP contribution in [0.1, 0.15) is 35.6 Å². The average molecular weight is 792 g/mol. The molecule has 2 unspecified atom stereocenters. The molecule has 2 atom stereocenters. The quantitative estimate of drug-likeness (QED) is 0.173. The Kier molecular flexibility index (Phi) is 7.60. The summed E-state index contributed by atoms with van der Waals surface area (Å²) in [7, 11) is 0. The van der Waals surface area contributed by atoms with E-state index in [0.717, 1.165) is 56.4 Å². The summed E-state index contributed by atoms with van der Waals surface area (Å²) in [6.45, 7) is 2.34. The maximum atomic E-state index is 6.99. The predicted octanol–water partition coefficient (Wildman–Crippen LogP) is 16.2. The fraction of sp³-hybridized carbons (Fsp3) is 0.0667. The number of anilines is 3. The number of nitrogens with zero attached hydrogens (tertiary/aromatic N) is 1. The second-order valence-corrected chi connectivity index (χ2v) is 17.2. The summed E-state index contributed by atoms with van der Waals surface area (Å²) in [6, 6.07) is 73.6. The molecule has 0 amide bonds. The van der Waals surface area contributed by atoms with Gasteiger partial charge in [0, 0.05) is 22.0 Å². The van der Waals surface area contributed by atoms with Crippen molar-refractivity contribution in [3.05, 3.63) is 240 Å². The van der Waals surface area contributed by atoms with Crippen LogP contribution in [0.4, 0.5) is 17.1 Å². The van der Waals surface area contributed by atoms with Crippen molar-refractivity contribution in [2.45, 2.75) is 18.8 Å². The fourth-order valence-corrected chi connectivity index (χ4v) is 11.3. The van der Waals surface area contributed by atoms with Crippen LogP contribution in [-0.2, 0) is 5.41 Å². The third-order valence-corrected chi connectivity index (χ3v) is 13.8. The molecule has 0 saturated heterocycles. The Balaban J connectivity index is 1.13. The van der Waals surface area contributed by atoms with E-state index in [1.54, 1.807) is 0 Å². The number of hydrogen-bond donors (Lipinski definition) is 0. The largest absolute Gasteiger partial charge is 0.455 e. The highest BCUT2D eigenvalue weighted by Crippen LogP contribution is 2.64. The summed E-state index contributed by atoms with van der Waals surface area (Å²) in [6.07, 6.45) is 5.92. The fourth-order valence-electron chi connectivity index (χ4n) is 11.3. The summed E-state index contributed by atoms with van der Waals surface area (Å²) in [4.78, 5) is 2.50. The molecule has 0 fully saturated rings. The Bertz CT molecular complexity index is 3520. The van der Waals surface area contributed by atoms with E-state index in [1.165, 1.54) is 66.6 Å². The number of para-hydroxylation sites is 1. The van der Waals surface area contributed by atoms with Gasteiger partial charge in [0.05, 0.1) is 22.2 Å². The maximum Gasteiger partial charge on any atom is 0.143 e. The lowest BCUT2D eigenvalue weighted by molar-refractivity contribution is 0.672. The second kappa shape index (κ2) is 13.4. The number of hydrogen-bond acceptors (Lipinski definition) is 2. The van der Waals surface area contributed by atoms with Crippen molar-refractivity contribution in [3.8, 4) is 33.4 Å². The first kappa shape index (κ1) is 35.1. The van der Waals surface area contributed by atoms with E-state index in [0.29, 0.717) is 5.92 Å². The van der Waals surface area contributed by atoms with Crippen molar-refractivity contribution >= 4 is 55.3 Å². The number of rotatable bonds is 5. The van der Waals surface area contributed by atoms with Gasteiger partial charge >= 0.3 is 0 Å². The molecule has 0 N–H and O–H groups in total. The van der Waals surface area contributed by atoms with E-state index < -0.39 is 5.41 Å². The molecule has 62 heavy (non-hydrogen) atoms. The molecule has 0 bridgehead atoms. The summed E-state index contributed by atoms with van der Waals surface area (Å²) in [5.41, 5.74) is 20.3. The molecule has 2 heteroatoms. The van der Waals surface area contributed by atoms with Crippen molar-refractivity contribution < 1.29 is 4.42 Å².